The summed E-state index contributed by atoms with van der Waals surface area (Å²) in [6, 6.07) is 22.6. The van der Waals surface area contributed by atoms with Crippen LogP contribution in [0.5, 0.6) is 5.75 Å². The van der Waals surface area contributed by atoms with E-state index in [0.29, 0.717) is 41.5 Å². The van der Waals surface area contributed by atoms with Gasteiger partial charge < -0.3 is 19.1 Å². The van der Waals surface area contributed by atoms with Crippen molar-refractivity contribution in [2.24, 2.45) is 0 Å². The largest absolute Gasteiger partial charge is 0.496 e. The minimum atomic E-state index is -0.361. The molecule has 1 saturated heterocycles. The SMILES string of the molecule is COc1ccccc1-c1noc(-c2ccc(N3CCN(c4ccccc4)CC3)c([N+](=O)[O-])c2)n1. The highest BCUT2D eigenvalue weighted by Gasteiger charge is 2.25. The Balaban J connectivity index is 1.38. The van der Waals surface area contributed by atoms with Gasteiger partial charge in [-0.2, -0.15) is 4.98 Å². The number of anilines is 2. The van der Waals surface area contributed by atoms with Crippen LogP contribution < -0.4 is 14.5 Å². The molecule has 2 heterocycles. The second kappa shape index (κ2) is 9.22. The van der Waals surface area contributed by atoms with E-state index in [1.807, 2.05) is 42.5 Å². The van der Waals surface area contributed by atoms with Gasteiger partial charge in [-0.3, -0.25) is 10.1 Å². The number of nitro groups is 1. The van der Waals surface area contributed by atoms with E-state index in [0.717, 1.165) is 18.8 Å². The Labute approximate surface area is 196 Å². The lowest BCUT2D eigenvalue weighted by Crippen LogP contribution is -2.46. The average molecular weight is 457 g/mol. The molecule has 1 aromatic heterocycles. The van der Waals surface area contributed by atoms with Gasteiger partial charge in [0.25, 0.3) is 11.6 Å². The fourth-order valence-electron chi connectivity index (χ4n) is 4.19. The van der Waals surface area contributed by atoms with Crippen LogP contribution in [0, 0.1) is 10.1 Å². The smallest absolute Gasteiger partial charge is 0.293 e. The third-order valence-electron chi connectivity index (χ3n) is 5.93. The molecule has 0 amide bonds. The van der Waals surface area contributed by atoms with Gasteiger partial charge >= 0.3 is 0 Å². The maximum Gasteiger partial charge on any atom is 0.293 e. The number of methoxy groups -OCH3 is 1. The van der Waals surface area contributed by atoms with Gasteiger partial charge in [-0.25, -0.2) is 0 Å². The zero-order valence-electron chi connectivity index (χ0n) is 18.6. The number of benzene rings is 3. The number of ether oxygens (including phenoxy) is 1. The van der Waals surface area contributed by atoms with Crippen LogP contribution in [0.25, 0.3) is 22.8 Å². The highest BCUT2D eigenvalue weighted by molar-refractivity contribution is 5.72. The van der Waals surface area contributed by atoms with Crippen LogP contribution in [0.2, 0.25) is 0 Å². The molecule has 0 unspecified atom stereocenters. The predicted molar refractivity (Wildman–Crippen MR) is 129 cm³/mol. The van der Waals surface area contributed by atoms with Crippen molar-refractivity contribution in [1.82, 2.24) is 10.1 Å². The van der Waals surface area contributed by atoms with Crippen molar-refractivity contribution >= 4 is 17.1 Å². The molecule has 1 aliphatic heterocycles. The highest BCUT2D eigenvalue weighted by atomic mass is 16.6. The lowest BCUT2D eigenvalue weighted by Gasteiger charge is -2.37. The van der Waals surface area contributed by atoms with E-state index < -0.39 is 0 Å². The molecular weight excluding hydrogens is 434 g/mol. The van der Waals surface area contributed by atoms with Crippen LogP contribution in [0.4, 0.5) is 17.1 Å². The minimum absolute atomic E-state index is 0.0164. The monoisotopic (exact) mass is 457 g/mol. The summed E-state index contributed by atoms with van der Waals surface area (Å²) in [6.07, 6.45) is 0. The Kier molecular flexibility index (Phi) is 5.82. The second-order valence-corrected chi connectivity index (χ2v) is 7.89. The first kappa shape index (κ1) is 21.4. The van der Waals surface area contributed by atoms with Gasteiger partial charge in [-0.05, 0) is 36.4 Å². The number of para-hydroxylation sites is 2. The Morgan fingerprint density at radius 3 is 2.38 bits per heavy atom. The zero-order valence-corrected chi connectivity index (χ0v) is 18.6. The van der Waals surface area contributed by atoms with Crippen molar-refractivity contribution in [2.75, 3.05) is 43.1 Å². The molecule has 0 aliphatic carbocycles. The maximum atomic E-state index is 11.9. The van der Waals surface area contributed by atoms with Gasteiger partial charge in [-0.15, -0.1) is 0 Å². The summed E-state index contributed by atoms with van der Waals surface area (Å²) >= 11 is 0. The third-order valence-corrected chi connectivity index (χ3v) is 5.93. The van der Waals surface area contributed by atoms with Gasteiger partial charge in [0, 0.05) is 43.5 Å². The molecule has 34 heavy (non-hydrogen) atoms. The van der Waals surface area contributed by atoms with E-state index in [1.165, 1.54) is 6.07 Å². The summed E-state index contributed by atoms with van der Waals surface area (Å²) in [6.45, 7) is 2.95. The predicted octanol–water partition coefficient (Wildman–Crippen LogP) is 4.65. The van der Waals surface area contributed by atoms with Crippen LogP contribution in [-0.4, -0.2) is 48.4 Å². The molecule has 1 aliphatic rings. The number of hydrogen-bond donors (Lipinski definition) is 0. The molecule has 4 aromatic rings. The van der Waals surface area contributed by atoms with E-state index in [9.17, 15) is 10.1 Å². The molecule has 3 aromatic carbocycles. The molecule has 9 nitrogen and oxygen atoms in total. The molecule has 0 N–H and O–H groups in total. The van der Waals surface area contributed by atoms with Crippen LogP contribution in [0.3, 0.4) is 0 Å². The number of rotatable bonds is 6. The molecule has 0 spiro atoms. The average Bonchev–Trinajstić information content (AvgIpc) is 3.39. The molecule has 0 bridgehead atoms. The van der Waals surface area contributed by atoms with Gasteiger partial charge in [-0.1, -0.05) is 35.5 Å². The maximum absolute atomic E-state index is 11.9. The van der Waals surface area contributed by atoms with Crippen LogP contribution in [-0.2, 0) is 0 Å². The summed E-state index contributed by atoms with van der Waals surface area (Å²) in [7, 11) is 1.57. The first-order valence-corrected chi connectivity index (χ1v) is 10.9. The highest BCUT2D eigenvalue weighted by Crippen LogP contribution is 2.35. The first-order chi connectivity index (χ1) is 16.6. The molecule has 172 valence electrons. The van der Waals surface area contributed by atoms with Gasteiger partial charge in [0.2, 0.25) is 5.82 Å². The molecular formula is C25H23N5O4. The summed E-state index contributed by atoms with van der Waals surface area (Å²) in [5.74, 6) is 1.19. The molecule has 1 fully saturated rings. The molecule has 0 atom stereocenters. The number of nitro benzene ring substituents is 1. The summed E-state index contributed by atoms with van der Waals surface area (Å²) < 4.78 is 10.8. The molecule has 9 heteroatoms. The normalized spacial score (nSPS) is 13.7. The Hall–Kier alpha value is -4.40. The van der Waals surface area contributed by atoms with Crippen LogP contribution in [0.1, 0.15) is 0 Å². The number of aromatic nitrogens is 2. The molecule has 0 radical (unpaired) electrons. The topological polar surface area (TPSA) is 97.8 Å². The van der Waals surface area contributed by atoms with E-state index in [4.69, 9.17) is 9.26 Å². The molecule has 0 saturated carbocycles. The van der Waals surface area contributed by atoms with Crippen molar-refractivity contribution in [3.8, 4) is 28.6 Å². The summed E-state index contributed by atoms with van der Waals surface area (Å²) in [4.78, 5) is 20.4. The van der Waals surface area contributed by atoms with Crippen molar-refractivity contribution in [3.05, 3.63) is 82.9 Å². The second-order valence-electron chi connectivity index (χ2n) is 7.89. The Bertz CT molecular complexity index is 1300. The third kappa shape index (κ3) is 4.15. The number of piperazine rings is 1. The first-order valence-electron chi connectivity index (χ1n) is 10.9. The Morgan fingerprint density at radius 2 is 1.65 bits per heavy atom. The standard InChI is InChI=1S/C25H23N5O4/c1-33-23-10-6-5-9-20(23)24-26-25(34-27-24)18-11-12-21(22(17-18)30(31)32)29-15-13-28(14-16-29)19-7-3-2-4-8-19/h2-12,17H,13-16H2,1H3. The van der Waals surface area contributed by atoms with Crippen LogP contribution in [0.15, 0.2) is 77.3 Å². The van der Waals surface area contributed by atoms with Crippen molar-refractivity contribution in [2.45, 2.75) is 0 Å². The molecule has 5 rings (SSSR count). The summed E-state index contributed by atoms with van der Waals surface area (Å²) in [5.41, 5.74) is 2.94. The van der Waals surface area contributed by atoms with Gasteiger partial charge in [0.05, 0.1) is 17.6 Å². The van der Waals surface area contributed by atoms with Crippen LogP contribution >= 0.6 is 0 Å². The minimum Gasteiger partial charge on any atom is -0.496 e. The van der Waals surface area contributed by atoms with Gasteiger partial charge in [0.15, 0.2) is 0 Å². The Morgan fingerprint density at radius 1 is 0.941 bits per heavy atom. The van der Waals surface area contributed by atoms with Gasteiger partial charge in [0.1, 0.15) is 11.4 Å². The van der Waals surface area contributed by atoms with Crippen molar-refractivity contribution in [1.29, 1.82) is 0 Å². The summed E-state index contributed by atoms with van der Waals surface area (Å²) in [5, 5.41) is 16.0. The zero-order chi connectivity index (χ0) is 23.5. The van der Waals surface area contributed by atoms with E-state index in [2.05, 4.69) is 32.1 Å². The van der Waals surface area contributed by atoms with Crippen molar-refractivity contribution < 1.29 is 14.2 Å². The van der Waals surface area contributed by atoms with E-state index in [-0.39, 0.29) is 16.5 Å². The van der Waals surface area contributed by atoms with E-state index in [1.54, 1.807) is 19.2 Å². The lowest BCUT2D eigenvalue weighted by molar-refractivity contribution is -0.384. The fraction of sp³-hybridized carbons (Fsp3) is 0.200. The quantitative estimate of drug-likeness (QED) is 0.305. The lowest BCUT2D eigenvalue weighted by atomic mass is 10.1. The number of hydrogen-bond acceptors (Lipinski definition) is 8. The fourth-order valence-corrected chi connectivity index (χ4v) is 4.19. The number of nitrogens with zero attached hydrogens (tertiary/aromatic N) is 5. The van der Waals surface area contributed by atoms with Crippen molar-refractivity contribution in [3.63, 3.8) is 0 Å². The van der Waals surface area contributed by atoms with E-state index >= 15 is 0 Å².